The van der Waals surface area contributed by atoms with Crippen LogP contribution in [0.15, 0.2) is 54.6 Å². The van der Waals surface area contributed by atoms with Gasteiger partial charge in [-0.15, -0.1) is 0 Å². The van der Waals surface area contributed by atoms with Crippen molar-refractivity contribution in [3.8, 4) is 16.9 Å². The number of piperidine rings is 1. The van der Waals surface area contributed by atoms with Crippen molar-refractivity contribution in [2.24, 2.45) is 0 Å². The highest BCUT2D eigenvalue weighted by Gasteiger charge is 2.20. The highest BCUT2D eigenvalue weighted by atomic mass is 19.1. The van der Waals surface area contributed by atoms with Crippen molar-refractivity contribution in [1.82, 2.24) is 14.8 Å². The molecule has 1 aromatic heterocycles. The predicted octanol–water partition coefficient (Wildman–Crippen LogP) is 5.89. The molecule has 1 atom stereocenters. The summed E-state index contributed by atoms with van der Waals surface area (Å²) >= 11 is 0. The molecular formula is C28H34FN3O. The molecule has 4 rings (SSSR count). The summed E-state index contributed by atoms with van der Waals surface area (Å²) in [6, 6.07) is 17.2. The van der Waals surface area contributed by atoms with Gasteiger partial charge in [-0.1, -0.05) is 24.1 Å². The molecule has 0 saturated carbocycles. The summed E-state index contributed by atoms with van der Waals surface area (Å²) in [5.74, 6) is -0.335. The highest BCUT2D eigenvalue weighted by Crippen LogP contribution is 2.30. The van der Waals surface area contributed by atoms with E-state index in [1.165, 1.54) is 37.0 Å². The lowest BCUT2D eigenvalue weighted by atomic mass is 10.0. The van der Waals surface area contributed by atoms with E-state index < -0.39 is 0 Å². The first-order chi connectivity index (χ1) is 15.9. The van der Waals surface area contributed by atoms with Crippen LogP contribution in [0.25, 0.3) is 16.9 Å². The van der Waals surface area contributed by atoms with Crippen molar-refractivity contribution in [1.29, 1.82) is 0 Å². The topological polar surface area (TPSA) is 37.3 Å². The Morgan fingerprint density at radius 1 is 1.06 bits per heavy atom. The average Bonchev–Trinajstić information content (AvgIpc) is 3.16. The van der Waals surface area contributed by atoms with E-state index in [-0.39, 0.29) is 11.7 Å². The van der Waals surface area contributed by atoms with Crippen LogP contribution in [0.3, 0.4) is 0 Å². The minimum absolute atomic E-state index is 0.0617. The van der Waals surface area contributed by atoms with Crippen LogP contribution in [-0.2, 0) is 0 Å². The largest absolute Gasteiger partial charge is 0.352 e. The molecule has 1 aliphatic rings. The molecule has 1 unspecified atom stereocenters. The minimum atomic E-state index is -0.273. The van der Waals surface area contributed by atoms with Crippen LogP contribution in [0.1, 0.15) is 54.2 Å². The van der Waals surface area contributed by atoms with Crippen LogP contribution in [0.4, 0.5) is 4.39 Å². The first kappa shape index (κ1) is 23.2. The maximum atomic E-state index is 13.5. The van der Waals surface area contributed by atoms with E-state index in [0.717, 1.165) is 42.1 Å². The summed E-state index contributed by atoms with van der Waals surface area (Å²) < 4.78 is 15.6. The number of rotatable bonds is 7. The van der Waals surface area contributed by atoms with Gasteiger partial charge in [-0.3, -0.25) is 4.79 Å². The van der Waals surface area contributed by atoms with E-state index in [2.05, 4.69) is 52.9 Å². The molecule has 0 radical (unpaired) electrons. The van der Waals surface area contributed by atoms with Gasteiger partial charge in [0.2, 0.25) is 0 Å². The number of carbonyl (C=O) groups is 1. The zero-order valence-electron chi connectivity index (χ0n) is 19.9. The molecule has 3 aromatic rings. The van der Waals surface area contributed by atoms with E-state index in [9.17, 15) is 9.18 Å². The van der Waals surface area contributed by atoms with E-state index in [1.807, 2.05) is 13.0 Å². The van der Waals surface area contributed by atoms with Crippen molar-refractivity contribution in [2.45, 2.75) is 52.5 Å². The van der Waals surface area contributed by atoms with Crippen LogP contribution in [0.2, 0.25) is 0 Å². The number of hydrogen-bond donors (Lipinski definition) is 1. The Morgan fingerprint density at radius 2 is 1.79 bits per heavy atom. The van der Waals surface area contributed by atoms with Gasteiger partial charge in [0.1, 0.15) is 5.82 Å². The third kappa shape index (κ3) is 5.36. The van der Waals surface area contributed by atoms with Gasteiger partial charge in [0.05, 0.1) is 11.3 Å². The number of hydrogen-bond acceptors (Lipinski definition) is 2. The molecule has 0 bridgehead atoms. The monoisotopic (exact) mass is 447 g/mol. The van der Waals surface area contributed by atoms with Gasteiger partial charge < -0.3 is 14.8 Å². The third-order valence-corrected chi connectivity index (χ3v) is 6.77. The molecule has 33 heavy (non-hydrogen) atoms. The lowest BCUT2D eigenvalue weighted by molar-refractivity contribution is 0.0948. The molecule has 1 amide bonds. The fourth-order valence-corrected chi connectivity index (χ4v) is 4.77. The normalized spacial score (nSPS) is 16.7. The van der Waals surface area contributed by atoms with Gasteiger partial charge in [-0.25, -0.2) is 4.39 Å². The second kappa shape index (κ2) is 10.3. The summed E-state index contributed by atoms with van der Waals surface area (Å²) in [7, 11) is 0. The molecule has 174 valence electrons. The quantitative estimate of drug-likeness (QED) is 0.458. The highest BCUT2D eigenvalue weighted by molar-refractivity contribution is 5.97. The molecule has 1 fully saturated rings. The number of carbonyl (C=O) groups excluding carboxylic acids is 1. The van der Waals surface area contributed by atoms with Crippen molar-refractivity contribution in [2.75, 3.05) is 19.6 Å². The first-order valence-corrected chi connectivity index (χ1v) is 12.0. The van der Waals surface area contributed by atoms with Crippen LogP contribution >= 0.6 is 0 Å². The van der Waals surface area contributed by atoms with Crippen molar-refractivity contribution < 1.29 is 9.18 Å². The van der Waals surface area contributed by atoms with E-state index in [1.54, 1.807) is 12.1 Å². The number of amides is 1. The number of benzene rings is 2. The number of nitrogens with one attached hydrogen (secondary N) is 1. The number of aryl methyl sites for hydroxylation is 1. The summed E-state index contributed by atoms with van der Waals surface area (Å²) in [6.07, 6.45) is 4.81. The molecule has 4 nitrogen and oxygen atoms in total. The van der Waals surface area contributed by atoms with Crippen LogP contribution < -0.4 is 5.32 Å². The van der Waals surface area contributed by atoms with E-state index >= 15 is 0 Å². The molecule has 0 aliphatic carbocycles. The minimum Gasteiger partial charge on any atom is -0.352 e. The summed E-state index contributed by atoms with van der Waals surface area (Å²) in [4.78, 5) is 15.6. The van der Waals surface area contributed by atoms with Gasteiger partial charge in [0, 0.05) is 30.5 Å². The van der Waals surface area contributed by atoms with Crippen molar-refractivity contribution in [3.05, 3.63) is 77.2 Å². The zero-order chi connectivity index (χ0) is 23.4. The smallest absolute Gasteiger partial charge is 0.253 e. The Bertz CT molecular complexity index is 1090. The maximum Gasteiger partial charge on any atom is 0.253 e. The Kier molecular flexibility index (Phi) is 7.29. The van der Waals surface area contributed by atoms with Gasteiger partial charge in [-0.05, 0) is 94.6 Å². The molecule has 1 N–H and O–H groups in total. The second-order valence-corrected chi connectivity index (χ2v) is 9.20. The van der Waals surface area contributed by atoms with Crippen molar-refractivity contribution >= 4 is 5.91 Å². The average molecular weight is 448 g/mol. The van der Waals surface area contributed by atoms with Gasteiger partial charge in [0.25, 0.3) is 5.91 Å². The summed E-state index contributed by atoms with van der Waals surface area (Å²) in [6.45, 7) is 9.16. The molecule has 5 heteroatoms. The number of aromatic nitrogens is 1. The first-order valence-electron chi connectivity index (χ1n) is 12.0. The van der Waals surface area contributed by atoms with Gasteiger partial charge in [-0.2, -0.15) is 0 Å². The summed E-state index contributed by atoms with van der Waals surface area (Å²) in [5, 5.41) is 3.12. The molecular weight excluding hydrogens is 413 g/mol. The van der Waals surface area contributed by atoms with Gasteiger partial charge >= 0.3 is 0 Å². The Morgan fingerprint density at radius 3 is 2.48 bits per heavy atom. The van der Waals surface area contributed by atoms with Crippen molar-refractivity contribution in [3.63, 3.8) is 0 Å². The number of likely N-dealkylation sites (tertiary alicyclic amines) is 1. The lowest BCUT2D eigenvalue weighted by Gasteiger charge is -2.33. The molecule has 0 spiro atoms. The van der Waals surface area contributed by atoms with Crippen LogP contribution in [-0.4, -0.2) is 41.1 Å². The zero-order valence-corrected chi connectivity index (χ0v) is 19.9. The Labute approximate surface area is 196 Å². The van der Waals surface area contributed by atoms with Crippen LogP contribution in [0.5, 0.6) is 0 Å². The third-order valence-electron chi connectivity index (χ3n) is 6.77. The van der Waals surface area contributed by atoms with E-state index in [4.69, 9.17) is 0 Å². The maximum absolute atomic E-state index is 13.5. The van der Waals surface area contributed by atoms with Crippen LogP contribution in [0, 0.1) is 19.7 Å². The predicted molar refractivity (Wildman–Crippen MR) is 132 cm³/mol. The molecule has 2 aromatic carbocycles. The SMILES string of the molecule is Cc1ccc(-n2c(-c3ccc(F)cc3)cc(C(=O)NCCCN3CCCCC3C)c2C)cc1. The summed E-state index contributed by atoms with van der Waals surface area (Å²) in [5.41, 5.74) is 5.44. The van der Waals surface area contributed by atoms with E-state index in [0.29, 0.717) is 18.2 Å². The molecule has 2 heterocycles. The standard InChI is InChI=1S/C28H34FN3O/c1-20-8-14-25(15-9-20)32-22(3)26(19-27(32)23-10-12-24(29)13-11-23)28(33)30-16-6-18-31-17-5-4-7-21(31)2/h8-15,19,21H,4-7,16-18H2,1-3H3,(H,30,33). The molecule has 1 saturated heterocycles. The lowest BCUT2D eigenvalue weighted by Crippen LogP contribution is -2.39. The number of halogens is 1. The Balaban J connectivity index is 1.53. The van der Waals surface area contributed by atoms with Gasteiger partial charge in [0.15, 0.2) is 0 Å². The second-order valence-electron chi connectivity index (χ2n) is 9.20. The Hall–Kier alpha value is -2.92. The fraction of sp³-hybridized carbons (Fsp3) is 0.393. The molecule has 1 aliphatic heterocycles. The fourth-order valence-electron chi connectivity index (χ4n) is 4.77. The number of nitrogens with zero attached hydrogens (tertiary/aromatic N) is 2.